The molecule has 0 saturated heterocycles. The van der Waals surface area contributed by atoms with E-state index in [0.29, 0.717) is 0 Å². The van der Waals surface area contributed by atoms with Gasteiger partial charge in [-0.05, 0) is 36.6 Å². The summed E-state index contributed by atoms with van der Waals surface area (Å²) in [5.74, 6) is 0. The Bertz CT molecular complexity index is 309. The van der Waals surface area contributed by atoms with Crippen molar-refractivity contribution in [3.63, 3.8) is 0 Å². The number of rotatable bonds is 5. The maximum Gasteiger partial charge on any atom is 0.0792 e. The van der Waals surface area contributed by atoms with Crippen LogP contribution in [0.4, 0.5) is 0 Å². The molecule has 0 aliphatic rings. The average Bonchev–Trinajstić information content (AvgIpc) is 2.17. The summed E-state index contributed by atoms with van der Waals surface area (Å²) in [6.45, 7) is 4.16. The van der Waals surface area contributed by atoms with Gasteiger partial charge >= 0.3 is 0 Å². The van der Waals surface area contributed by atoms with Crippen LogP contribution in [0.15, 0.2) is 18.2 Å². The van der Waals surface area contributed by atoms with Crippen molar-refractivity contribution in [2.75, 3.05) is 0 Å². The lowest BCUT2D eigenvalue weighted by Crippen LogP contribution is -1.99. The summed E-state index contributed by atoms with van der Waals surface area (Å²) in [6, 6.07) is 5.67. The molecule has 84 valence electrons. The zero-order valence-electron chi connectivity index (χ0n) is 9.46. The minimum Gasteiger partial charge on any atom is -0.388 e. The van der Waals surface area contributed by atoms with Crippen molar-refractivity contribution in [2.24, 2.45) is 0 Å². The van der Waals surface area contributed by atoms with E-state index in [4.69, 9.17) is 11.6 Å². The zero-order chi connectivity index (χ0) is 11.3. The molecule has 1 aromatic rings. The summed E-state index contributed by atoms with van der Waals surface area (Å²) in [5, 5.41) is 10.7. The normalized spacial score (nSPS) is 12.8. The smallest absolute Gasteiger partial charge is 0.0792 e. The van der Waals surface area contributed by atoms with E-state index in [0.717, 1.165) is 29.0 Å². The Hall–Kier alpha value is -0.530. The fourth-order valence-electron chi connectivity index (χ4n) is 1.76. The second-order valence-electron chi connectivity index (χ2n) is 4.01. The Labute approximate surface area is 97.1 Å². The molecule has 1 rings (SSSR count). The highest BCUT2D eigenvalue weighted by atomic mass is 35.5. The number of hydrogen-bond acceptors (Lipinski definition) is 1. The molecule has 0 bridgehead atoms. The number of aliphatic hydroxyl groups excluding tert-OH is 1. The number of aliphatic hydroxyl groups is 1. The van der Waals surface area contributed by atoms with Gasteiger partial charge in [0.25, 0.3) is 0 Å². The van der Waals surface area contributed by atoms with E-state index in [9.17, 15) is 5.11 Å². The Kier molecular flexibility index (Phi) is 5.13. The second kappa shape index (κ2) is 6.14. The molecule has 0 aliphatic carbocycles. The molecule has 0 spiro atoms. The molecule has 0 radical (unpaired) electrons. The van der Waals surface area contributed by atoms with Crippen molar-refractivity contribution in [3.8, 4) is 0 Å². The van der Waals surface area contributed by atoms with Crippen LogP contribution in [0.3, 0.4) is 0 Å². The van der Waals surface area contributed by atoms with Crippen LogP contribution in [0.1, 0.15) is 49.8 Å². The lowest BCUT2D eigenvalue weighted by Gasteiger charge is -2.13. The van der Waals surface area contributed by atoms with E-state index < -0.39 is 0 Å². The maximum absolute atomic E-state index is 9.98. The van der Waals surface area contributed by atoms with Gasteiger partial charge in [-0.15, -0.1) is 0 Å². The summed E-state index contributed by atoms with van der Waals surface area (Å²) >= 11 is 5.87. The topological polar surface area (TPSA) is 20.2 Å². The first-order chi connectivity index (χ1) is 7.15. The summed E-state index contributed by atoms with van der Waals surface area (Å²) in [7, 11) is 0. The molecule has 1 nitrogen and oxygen atoms in total. The van der Waals surface area contributed by atoms with Crippen LogP contribution < -0.4 is 0 Å². The highest BCUT2D eigenvalue weighted by Crippen LogP contribution is 2.25. The average molecular weight is 227 g/mol. The van der Waals surface area contributed by atoms with E-state index in [1.54, 1.807) is 0 Å². The molecule has 15 heavy (non-hydrogen) atoms. The Balaban J connectivity index is 2.61. The molecule has 1 N–H and O–H groups in total. The van der Waals surface area contributed by atoms with Gasteiger partial charge in [-0.1, -0.05) is 43.9 Å². The van der Waals surface area contributed by atoms with Gasteiger partial charge in [-0.25, -0.2) is 0 Å². The van der Waals surface area contributed by atoms with Gasteiger partial charge in [-0.2, -0.15) is 0 Å². The number of hydrogen-bond donors (Lipinski definition) is 1. The molecule has 0 heterocycles. The number of halogens is 1. The quantitative estimate of drug-likeness (QED) is 0.744. The molecule has 0 aliphatic heterocycles. The van der Waals surface area contributed by atoms with Crippen LogP contribution in [0, 0.1) is 6.92 Å². The van der Waals surface area contributed by atoms with Crippen molar-refractivity contribution in [3.05, 3.63) is 34.3 Å². The van der Waals surface area contributed by atoms with E-state index in [1.165, 1.54) is 12.8 Å². The van der Waals surface area contributed by atoms with Crippen LogP contribution in [0.25, 0.3) is 0 Å². The van der Waals surface area contributed by atoms with Crippen molar-refractivity contribution in [1.29, 1.82) is 0 Å². The Morgan fingerprint density at radius 2 is 2.07 bits per heavy atom. The molecular weight excluding hydrogens is 208 g/mol. The SMILES string of the molecule is CCCCCC(O)c1ccc(Cl)cc1C. The first-order valence-corrected chi connectivity index (χ1v) is 5.97. The first-order valence-electron chi connectivity index (χ1n) is 5.59. The van der Waals surface area contributed by atoms with Crippen LogP contribution in [-0.4, -0.2) is 5.11 Å². The lowest BCUT2D eigenvalue weighted by molar-refractivity contribution is 0.163. The molecule has 1 unspecified atom stereocenters. The highest BCUT2D eigenvalue weighted by Gasteiger charge is 2.09. The van der Waals surface area contributed by atoms with Crippen molar-refractivity contribution in [1.82, 2.24) is 0 Å². The summed E-state index contributed by atoms with van der Waals surface area (Å²) < 4.78 is 0. The fraction of sp³-hybridized carbons (Fsp3) is 0.538. The fourth-order valence-corrected chi connectivity index (χ4v) is 1.98. The minimum atomic E-state index is -0.339. The third-order valence-electron chi connectivity index (χ3n) is 2.67. The molecular formula is C13H19ClO. The van der Waals surface area contributed by atoms with Crippen molar-refractivity contribution in [2.45, 2.75) is 45.6 Å². The predicted octanol–water partition coefficient (Wildman–Crippen LogP) is 4.26. The minimum absolute atomic E-state index is 0.339. The molecule has 1 aromatic carbocycles. The van der Waals surface area contributed by atoms with Gasteiger partial charge in [0.15, 0.2) is 0 Å². The molecule has 0 fully saturated rings. The van der Waals surface area contributed by atoms with E-state index in [-0.39, 0.29) is 6.10 Å². The third-order valence-corrected chi connectivity index (χ3v) is 2.91. The van der Waals surface area contributed by atoms with E-state index in [1.807, 2.05) is 25.1 Å². The lowest BCUT2D eigenvalue weighted by atomic mass is 9.99. The summed E-state index contributed by atoms with van der Waals surface area (Å²) in [6.07, 6.45) is 3.96. The molecule has 0 saturated carbocycles. The molecule has 0 amide bonds. The van der Waals surface area contributed by atoms with Crippen LogP contribution >= 0.6 is 11.6 Å². The number of benzene rings is 1. The second-order valence-corrected chi connectivity index (χ2v) is 4.45. The highest BCUT2D eigenvalue weighted by molar-refractivity contribution is 6.30. The van der Waals surface area contributed by atoms with Crippen molar-refractivity contribution < 1.29 is 5.11 Å². The largest absolute Gasteiger partial charge is 0.388 e. The summed E-state index contributed by atoms with van der Waals surface area (Å²) in [5.41, 5.74) is 2.09. The van der Waals surface area contributed by atoms with E-state index >= 15 is 0 Å². The molecule has 1 atom stereocenters. The number of aryl methyl sites for hydroxylation is 1. The van der Waals surface area contributed by atoms with Gasteiger partial charge in [0, 0.05) is 5.02 Å². The maximum atomic E-state index is 9.98. The van der Waals surface area contributed by atoms with Gasteiger partial charge in [0.05, 0.1) is 6.10 Å². The van der Waals surface area contributed by atoms with Crippen LogP contribution in [0.5, 0.6) is 0 Å². The predicted molar refractivity (Wildman–Crippen MR) is 65.3 cm³/mol. The molecule has 0 aromatic heterocycles. The van der Waals surface area contributed by atoms with Gasteiger partial charge in [-0.3, -0.25) is 0 Å². The van der Waals surface area contributed by atoms with Gasteiger partial charge < -0.3 is 5.11 Å². The summed E-state index contributed by atoms with van der Waals surface area (Å²) in [4.78, 5) is 0. The Morgan fingerprint density at radius 1 is 1.33 bits per heavy atom. The van der Waals surface area contributed by atoms with Crippen LogP contribution in [0.2, 0.25) is 5.02 Å². The van der Waals surface area contributed by atoms with E-state index in [2.05, 4.69) is 6.92 Å². The van der Waals surface area contributed by atoms with Crippen LogP contribution in [-0.2, 0) is 0 Å². The standard InChI is InChI=1S/C13H19ClO/c1-3-4-5-6-13(15)12-8-7-11(14)9-10(12)2/h7-9,13,15H,3-6H2,1-2H3. The monoisotopic (exact) mass is 226 g/mol. The molecule has 2 heteroatoms. The van der Waals surface area contributed by atoms with Gasteiger partial charge in [0.2, 0.25) is 0 Å². The number of unbranched alkanes of at least 4 members (excludes halogenated alkanes) is 2. The van der Waals surface area contributed by atoms with Crippen molar-refractivity contribution >= 4 is 11.6 Å². The zero-order valence-corrected chi connectivity index (χ0v) is 10.2. The Morgan fingerprint density at radius 3 is 2.67 bits per heavy atom. The first kappa shape index (κ1) is 12.5. The third kappa shape index (κ3) is 3.84. The van der Waals surface area contributed by atoms with Gasteiger partial charge in [0.1, 0.15) is 0 Å².